The summed E-state index contributed by atoms with van der Waals surface area (Å²) >= 11 is 0. The molecule has 0 aliphatic heterocycles. The van der Waals surface area contributed by atoms with Crippen LogP contribution >= 0.6 is 0 Å². The minimum Gasteiger partial charge on any atom is -0.464 e. The highest BCUT2D eigenvalue weighted by Gasteiger charge is 2.11. The molecule has 0 aliphatic carbocycles. The quantitative estimate of drug-likeness (QED) is 0.842. The summed E-state index contributed by atoms with van der Waals surface area (Å²) in [4.78, 5) is 0. The third kappa shape index (κ3) is 2.42. The summed E-state index contributed by atoms with van der Waals surface area (Å²) in [7, 11) is 1.98. The third-order valence-corrected chi connectivity index (χ3v) is 3.17. The van der Waals surface area contributed by atoms with E-state index >= 15 is 0 Å². The normalized spacial score (nSPS) is 12.8. The number of nitrogens with one attached hydrogen (secondary N) is 1. The van der Waals surface area contributed by atoms with Gasteiger partial charge in [-0.25, -0.2) is 0 Å². The van der Waals surface area contributed by atoms with Crippen molar-refractivity contribution in [2.45, 2.75) is 25.8 Å². The van der Waals surface area contributed by atoms with Crippen molar-refractivity contribution in [2.24, 2.45) is 0 Å². The fraction of sp³-hybridized carbons (Fsp3) is 0.333. The molecule has 2 heteroatoms. The van der Waals surface area contributed by atoms with Crippen LogP contribution in [-0.2, 0) is 0 Å². The average Bonchev–Trinajstić information content (AvgIpc) is 2.82. The summed E-state index contributed by atoms with van der Waals surface area (Å²) in [6.07, 6.45) is 3.97. The highest BCUT2D eigenvalue weighted by molar-refractivity contribution is 5.82. The Kier molecular flexibility index (Phi) is 3.64. The lowest BCUT2D eigenvalue weighted by Crippen LogP contribution is -2.25. The van der Waals surface area contributed by atoms with Gasteiger partial charge in [-0.3, -0.25) is 0 Å². The van der Waals surface area contributed by atoms with Crippen molar-refractivity contribution >= 4 is 16.5 Å². The predicted octanol–water partition coefficient (Wildman–Crippen LogP) is 3.83. The van der Waals surface area contributed by atoms with Crippen molar-refractivity contribution in [3.8, 4) is 0 Å². The molecule has 1 aromatic heterocycles. The number of rotatable bonds is 5. The molecule has 2 nitrogen and oxygen atoms in total. The van der Waals surface area contributed by atoms with Gasteiger partial charge in [0.1, 0.15) is 5.58 Å². The Morgan fingerprint density at radius 3 is 2.94 bits per heavy atom. The van der Waals surface area contributed by atoms with E-state index in [4.69, 9.17) is 4.42 Å². The van der Waals surface area contributed by atoms with E-state index in [2.05, 4.69) is 37.0 Å². The first-order chi connectivity index (χ1) is 8.26. The van der Waals surface area contributed by atoms with Gasteiger partial charge < -0.3 is 9.73 Å². The lowest BCUT2D eigenvalue weighted by Gasteiger charge is -2.18. The highest BCUT2D eigenvalue weighted by Crippen LogP contribution is 2.24. The molecule has 0 amide bonds. The first-order valence-corrected chi connectivity index (χ1v) is 6.10. The van der Waals surface area contributed by atoms with Crippen molar-refractivity contribution in [3.63, 3.8) is 0 Å². The zero-order valence-electron chi connectivity index (χ0n) is 10.5. The molecular formula is C15H19NO. The summed E-state index contributed by atoms with van der Waals surface area (Å²) in [5.74, 6) is 0. The van der Waals surface area contributed by atoms with Gasteiger partial charge in [-0.05, 0) is 36.7 Å². The van der Waals surface area contributed by atoms with Crippen molar-refractivity contribution in [1.29, 1.82) is 0 Å². The van der Waals surface area contributed by atoms with Crippen LogP contribution in [-0.4, -0.2) is 13.1 Å². The molecule has 1 unspecified atom stereocenters. The molecule has 0 saturated heterocycles. The molecule has 1 aromatic carbocycles. The monoisotopic (exact) mass is 229 g/mol. The van der Waals surface area contributed by atoms with Crippen molar-refractivity contribution in [1.82, 2.24) is 5.32 Å². The van der Waals surface area contributed by atoms with Gasteiger partial charge in [-0.2, -0.15) is 0 Å². The van der Waals surface area contributed by atoms with Crippen LogP contribution in [0.4, 0.5) is 0 Å². The van der Waals surface area contributed by atoms with Crippen molar-refractivity contribution < 1.29 is 4.42 Å². The molecule has 0 saturated carbocycles. The van der Waals surface area contributed by atoms with Crippen LogP contribution in [0.1, 0.15) is 25.3 Å². The van der Waals surface area contributed by atoms with E-state index in [0.29, 0.717) is 6.04 Å². The molecule has 1 atom stereocenters. The maximum atomic E-state index is 5.42. The van der Waals surface area contributed by atoms with E-state index < -0.39 is 0 Å². The molecule has 0 radical (unpaired) electrons. The van der Waals surface area contributed by atoms with Crippen LogP contribution in [0.3, 0.4) is 0 Å². The number of hydrogen-bond acceptors (Lipinski definition) is 2. The molecule has 2 aromatic rings. The first kappa shape index (κ1) is 11.9. The Hall–Kier alpha value is -1.54. The van der Waals surface area contributed by atoms with Gasteiger partial charge in [0.25, 0.3) is 0 Å². The van der Waals surface area contributed by atoms with E-state index in [1.807, 2.05) is 13.1 Å². The van der Waals surface area contributed by atoms with Crippen LogP contribution in [0.2, 0.25) is 0 Å². The Balaban J connectivity index is 2.28. The number of benzene rings is 1. The molecule has 17 heavy (non-hydrogen) atoms. The summed E-state index contributed by atoms with van der Waals surface area (Å²) < 4.78 is 5.42. The smallest absolute Gasteiger partial charge is 0.134 e. The zero-order chi connectivity index (χ0) is 12.3. The second-order valence-electron chi connectivity index (χ2n) is 4.33. The van der Waals surface area contributed by atoms with Crippen LogP contribution in [0.25, 0.3) is 16.5 Å². The van der Waals surface area contributed by atoms with Gasteiger partial charge in [0, 0.05) is 11.4 Å². The topological polar surface area (TPSA) is 25.2 Å². The molecule has 0 bridgehead atoms. The largest absolute Gasteiger partial charge is 0.464 e. The van der Waals surface area contributed by atoms with Crippen LogP contribution < -0.4 is 5.32 Å². The maximum Gasteiger partial charge on any atom is 0.134 e. The summed E-state index contributed by atoms with van der Waals surface area (Å²) in [6, 6.07) is 8.58. The Morgan fingerprint density at radius 1 is 1.41 bits per heavy atom. The molecular weight excluding hydrogens is 210 g/mol. The summed E-state index contributed by atoms with van der Waals surface area (Å²) in [5.41, 5.74) is 3.21. The van der Waals surface area contributed by atoms with Gasteiger partial charge in [0.15, 0.2) is 0 Å². The minimum atomic E-state index is 0.340. The standard InChI is InChI=1S/C15H19NO/c1-4-5-14(16-3)11(2)13-7-6-12-8-9-17-15(12)10-13/h6-10,14,16H,2,4-5H2,1,3H3. The van der Waals surface area contributed by atoms with Crippen LogP contribution in [0.5, 0.6) is 0 Å². The fourth-order valence-electron chi connectivity index (χ4n) is 2.14. The fourth-order valence-corrected chi connectivity index (χ4v) is 2.14. The molecule has 0 spiro atoms. The second-order valence-corrected chi connectivity index (χ2v) is 4.33. The highest BCUT2D eigenvalue weighted by atomic mass is 16.3. The molecule has 90 valence electrons. The van der Waals surface area contributed by atoms with Gasteiger partial charge in [0.2, 0.25) is 0 Å². The van der Waals surface area contributed by atoms with Crippen LogP contribution in [0, 0.1) is 0 Å². The molecule has 0 aliphatic rings. The summed E-state index contributed by atoms with van der Waals surface area (Å²) in [6.45, 7) is 6.39. The minimum absolute atomic E-state index is 0.340. The van der Waals surface area contributed by atoms with Crippen molar-refractivity contribution in [3.05, 3.63) is 42.7 Å². The predicted molar refractivity (Wildman–Crippen MR) is 73.0 cm³/mol. The zero-order valence-corrected chi connectivity index (χ0v) is 10.5. The second kappa shape index (κ2) is 5.19. The number of fused-ring (bicyclic) bond motifs is 1. The van der Waals surface area contributed by atoms with E-state index in [1.165, 1.54) is 0 Å². The Bertz CT molecular complexity index is 512. The van der Waals surface area contributed by atoms with E-state index in [-0.39, 0.29) is 0 Å². The molecule has 1 heterocycles. The van der Waals surface area contributed by atoms with E-state index in [9.17, 15) is 0 Å². The van der Waals surface area contributed by atoms with Gasteiger partial charge in [-0.1, -0.05) is 32.1 Å². The maximum absolute atomic E-state index is 5.42. The lowest BCUT2D eigenvalue weighted by molar-refractivity contribution is 0.613. The van der Waals surface area contributed by atoms with E-state index in [1.54, 1.807) is 6.26 Å². The van der Waals surface area contributed by atoms with E-state index in [0.717, 1.165) is 34.9 Å². The first-order valence-electron chi connectivity index (χ1n) is 6.10. The molecule has 2 rings (SSSR count). The van der Waals surface area contributed by atoms with Crippen molar-refractivity contribution in [2.75, 3.05) is 7.05 Å². The Labute approximate surface area is 102 Å². The summed E-state index contributed by atoms with van der Waals surface area (Å²) in [5, 5.41) is 4.45. The third-order valence-electron chi connectivity index (χ3n) is 3.17. The number of likely N-dealkylation sites (N-methyl/N-ethyl adjacent to an activating group) is 1. The van der Waals surface area contributed by atoms with Gasteiger partial charge >= 0.3 is 0 Å². The number of furan rings is 1. The Morgan fingerprint density at radius 2 is 2.24 bits per heavy atom. The molecule has 0 fully saturated rings. The average molecular weight is 229 g/mol. The SMILES string of the molecule is C=C(c1ccc2ccoc2c1)C(CCC)NC. The lowest BCUT2D eigenvalue weighted by atomic mass is 9.96. The van der Waals surface area contributed by atoms with Crippen LogP contribution in [0.15, 0.2) is 41.5 Å². The van der Waals surface area contributed by atoms with Gasteiger partial charge in [-0.15, -0.1) is 0 Å². The molecule has 1 N–H and O–H groups in total. The van der Waals surface area contributed by atoms with Gasteiger partial charge in [0.05, 0.1) is 6.26 Å². The number of hydrogen-bond donors (Lipinski definition) is 1.